The van der Waals surface area contributed by atoms with Gasteiger partial charge in [-0.3, -0.25) is 4.79 Å². The van der Waals surface area contributed by atoms with E-state index >= 15 is 0 Å². The maximum absolute atomic E-state index is 11.6. The van der Waals surface area contributed by atoms with E-state index in [2.05, 4.69) is 0 Å². The summed E-state index contributed by atoms with van der Waals surface area (Å²) in [5, 5.41) is 0.700. The summed E-state index contributed by atoms with van der Waals surface area (Å²) in [4.78, 5) is 22.8. The first kappa shape index (κ1) is 12.5. The van der Waals surface area contributed by atoms with Gasteiger partial charge >= 0.3 is 11.9 Å². The first-order valence-electron chi connectivity index (χ1n) is 6.28. The van der Waals surface area contributed by atoms with Gasteiger partial charge < -0.3 is 9.47 Å². The highest BCUT2D eigenvalue weighted by atomic mass is 35.5. The van der Waals surface area contributed by atoms with Gasteiger partial charge in [0.2, 0.25) is 6.10 Å². The Labute approximate surface area is 115 Å². The Bertz CT molecular complexity index is 511. The number of hydrogen-bond donors (Lipinski definition) is 0. The van der Waals surface area contributed by atoms with Crippen LogP contribution in [0.5, 0.6) is 0 Å². The number of halogens is 1. The van der Waals surface area contributed by atoms with Crippen molar-refractivity contribution in [1.82, 2.24) is 0 Å². The molecule has 0 aromatic heterocycles. The number of ether oxygens (including phenoxy) is 2. The highest BCUT2D eigenvalue weighted by Gasteiger charge is 2.52. The maximum Gasteiger partial charge on any atom is 0.348 e. The van der Waals surface area contributed by atoms with Crippen molar-refractivity contribution in [2.45, 2.75) is 31.5 Å². The van der Waals surface area contributed by atoms with Crippen molar-refractivity contribution in [3.8, 4) is 0 Å². The first-order chi connectivity index (χ1) is 9.13. The maximum atomic E-state index is 11.6. The molecule has 3 rings (SSSR count). The van der Waals surface area contributed by atoms with Crippen LogP contribution >= 0.6 is 11.6 Å². The Kier molecular flexibility index (Phi) is 3.19. The number of benzene rings is 1. The van der Waals surface area contributed by atoms with Crippen LogP contribution in [0.3, 0.4) is 0 Å². The average Bonchev–Trinajstić information content (AvgIpc) is 2.89. The van der Waals surface area contributed by atoms with E-state index in [-0.39, 0.29) is 24.4 Å². The van der Waals surface area contributed by atoms with Crippen molar-refractivity contribution in [1.29, 1.82) is 0 Å². The van der Waals surface area contributed by atoms with Crippen molar-refractivity contribution in [3.63, 3.8) is 0 Å². The van der Waals surface area contributed by atoms with Crippen LogP contribution in [0.25, 0.3) is 0 Å². The van der Waals surface area contributed by atoms with E-state index in [0.717, 1.165) is 12.0 Å². The van der Waals surface area contributed by atoms with Crippen LogP contribution in [0.1, 0.15) is 18.4 Å². The number of carbonyl (C=O) groups excluding carboxylic acids is 2. The summed E-state index contributed by atoms with van der Waals surface area (Å²) in [6, 6.07) is 7.57. The Hall–Kier alpha value is -1.55. The van der Waals surface area contributed by atoms with Crippen molar-refractivity contribution in [2.24, 2.45) is 5.92 Å². The lowest BCUT2D eigenvalue weighted by Crippen LogP contribution is -2.21. The Morgan fingerprint density at radius 3 is 2.63 bits per heavy atom. The molecule has 2 saturated heterocycles. The molecule has 0 unspecified atom stereocenters. The minimum absolute atomic E-state index is 0.118. The summed E-state index contributed by atoms with van der Waals surface area (Å²) >= 11 is 5.82. The van der Waals surface area contributed by atoms with Gasteiger partial charge in [0, 0.05) is 5.02 Å². The number of cyclic esters (lactones) is 1. The van der Waals surface area contributed by atoms with Crippen LogP contribution in [0.2, 0.25) is 5.02 Å². The van der Waals surface area contributed by atoms with Crippen molar-refractivity contribution >= 4 is 23.5 Å². The number of aryl methyl sites for hydroxylation is 1. The molecule has 2 fully saturated rings. The molecule has 2 aliphatic rings. The summed E-state index contributed by atoms with van der Waals surface area (Å²) < 4.78 is 10.2. The molecule has 1 aromatic rings. The van der Waals surface area contributed by atoms with Crippen molar-refractivity contribution in [2.75, 3.05) is 0 Å². The molecular weight excluding hydrogens is 268 g/mol. The molecule has 0 aliphatic carbocycles. The molecule has 1 aromatic carbocycles. The second kappa shape index (κ2) is 4.85. The monoisotopic (exact) mass is 280 g/mol. The van der Waals surface area contributed by atoms with Gasteiger partial charge in [0.05, 0.1) is 12.3 Å². The molecule has 5 heteroatoms. The van der Waals surface area contributed by atoms with E-state index in [0.29, 0.717) is 11.4 Å². The molecule has 3 atom stereocenters. The van der Waals surface area contributed by atoms with Crippen LogP contribution in [0.4, 0.5) is 0 Å². The predicted octanol–water partition coefficient (Wildman–Crippen LogP) is 2.13. The molecule has 19 heavy (non-hydrogen) atoms. The van der Waals surface area contributed by atoms with Gasteiger partial charge in [0.25, 0.3) is 0 Å². The SMILES string of the molecule is O=C1C[C@H]2[C@H](CCc3ccc(Cl)cc3)OC(=O)[C@H]2O1. The number of carbonyl (C=O) groups is 2. The normalized spacial score (nSPS) is 29.0. The van der Waals surface area contributed by atoms with Gasteiger partial charge in [-0.2, -0.15) is 0 Å². The molecule has 0 bridgehead atoms. The topological polar surface area (TPSA) is 52.6 Å². The lowest BCUT2D eigenvalue weighted by Gasteiger charge is -2.13. The second-order valence-corrected chi connectivity index (χ2v) is 5.36. The summed E-state index contributed by atoms with van der Waals surface area (Å²) in [6.07, 6.45) is 0.863. The zero-order valence-electron chi connectivity index (χ0n) is 10.2. The third-order valence-electron chi connectivity index (χ3n) is 3.66. The number of fused-ring (bicyclic) bond motifs is 1. The molecule has 0 N–H and O–H groups in total. The molecule has 0 saturated carbocycles. The molecule has 2 aliphatic heterocycles. The van der Waals surface area contributed by atoms with Crippen LogP contribution in [-0.4, -0.2) is 24.1 Å². The van der Waals surface area contributed by atoms with Gasteiger partial charge in [-0.15, -0.1) is 0 Å². The van der Waals surface area contributed by atoms with Crippen LogP contribution in [-0.2, 0) is 25.5 Å². The zero-order valence-corrected chi connectivity index (χ0v) is 10.9. The fraction of sp³-hybridized carbons (Fsp3) is 0.429. The minimum Gasteiger partial charge on any atom is -0.459 e. The number of esters is 2. The average molecular weight is 281 g/mol. The van der Waals surface area contributed by atoms with Crippen molar-refractivity contribution < 1.29 is 19.1 Å². The van der Waals surface area contributed by atoms with Gasteiger partial charge in [-0.1, -0.05) is 23.7 Å². The molecule has 2 heterocycles. The van der Waals surface area contributed by atoms with E-state index in [9.17, 15) is 9.59 Å². The second-order valence-electron chi connectivity index (χ2n) is 4.92. The summed E-state index contributed by atoms with van der Waals surface area (Å²) in [6.45, 7) is 0. The third-order valence-corrected chi connectivity index (χ3v) is 3.91. The quantitative estimate of drug-likeness (QED) is 0.796. The molecule has 100 valence electrons. The Morgan fingerprint density at radius 1 is 1.16 bits per heavy atom. The molecule has 4 nitrogen and oxygen atoms in total. The van der Waals surface area contributed by atoms with Crippen molar-refractivity contribution in [3.05, 3.63) is 34.9 Å². The third kappa shape index (κ3) is 2.45. The lowest BCUT2D eigenvalue weighted by molar-refractivity contribution is -0.158. The van der Waals surface area contributed by atoms with E-state index in [1.807, 2.05) is 24.3 Å². The van der Waals surface area contributed by atoms with Gasteiger partial charge in [0.15, 0.2) is 0 Å². The van der Waals surface area contributed by atoms with E-state index in [1.54, 1.807) is 0 Å². The van der Waals surface area contributed by atoms with E-state index in [1.165, 1.54) is 0 Å². The van der Waals surface area contributed by atoms with Gasteiger partial charge in [-0.25, -0.2) is 4.79 Å². The number of rotatable bonds is 3. The van der Waals surface area contributed by atoms with Gasteiger partial charge in [0.1, 0.15) is 6.10 Å². The van der Waals surface area contributed by atoms with E-state index in [4.69, 9.17) is 21.1 Å². The standard InChI is InChI=1S/C14H13ClO4/c15-9-4-1-8(2-5-9)3-6-11-10-7-12(16)19-13(10)14(17)18-11/h1-2,4-5,10-11,13H,3,6-7H2/t10-,11-,13-/m0/s1. The minimum atomic E-state index is -0.678. The Morgan fingerprint density at radius 2 is 1.89 bits per heavy atom. The highest BCUT2D eigenvalue weighted by Crippen LogP contribution is 2.36. The summed E-state index contributed by atoms with van der Waals surface area (Å²) in [5.74, 6) is -0.826. The van der Waals surface area contributed by atoms with Crippen LogP contribution < -0.4 is 0 Å². The van der Waals surface area contributed by atoms with Gasteiger partial charge in [-0.05, 0) is 30.5 Å². The molecule has 0 radical (unpaired) electrons. The Balaban J connectivity index is 1.63. The van der Waals surface area contributed by atoms with Crippen LogP contribution in [0, 0.1) is 5.92 Å². The first-order valence-corrected chi connectivity index (χ1v) is 6.66. The number of hydrogen-bond acceptors (Lipinski definition) is 4. The highest BCUT2D eigenvalue weighted by molar-refractivity contribution is 6.30. The van der Waals surface area contributed by atoms with Crippen LogP contribution in [0.15, 0.2) is 24.3 Å². The molecular formula is C14H13ClO4. The predicted molar refractivity (Wildman–Crippen MR) is 67.6 cm³/mol. The lowest BCUT2D eigenvalue weighted by atomic mass is 9.93. The smallest absolute Gasteiger partial charge is 0.348 e. The fourth-order valence-electron chi connectivity index (χ4n) is 2.66. The molecule has 0 spiro atoms. The van der Waals surface area contributed by atoms with E-state index < -0.39 is 12.1 Å². The summed E-state index contributed by atoms with van der Waals surface area (Å²) in [7, 11) is 0. The summed E-state index contributed by atoms with van der Waals surface area (Å²) in [5.41, 5.74) is 1.13. The molecule has 0 amide bonds. The zero-order chi connectivity index (χ0) is 13.4. The largest absolute Gasteiger partial charge is 0.459 e. The fourth-order valence-corrected chi connectivity index (χ4v) is 2.79.